The van der Waals surface area contributed by atoms with E-state index in [0.29, 0.717) is 5.13 Å². The van der Waals surface area contributed by atoms with E-state index in [-0.39, 0.29) is 5.91 Å². The van der Waals surface area contributed by atoms with E-state index >= 15 is 0 Å². The molecule has 1 saturated carbocycles. The van der Waals surface area contributed by atoms with Crippen LogP contribution in [0.3, 0.4) is 0 Å². The minimum Gasteiger partial charge on any atom is -0.312 e. The van der Waals surface area contributed by atoms with Crippen molar-refractivity contribution >= 4 is 33.7 Å². The Morgan fingerprint density at radius 2 is 2.12 bits per heavy atom. The van der Waals surface area contributed by atoms with Crippen molar-refractivity contribution in [2.45, 2.75) is 51.5 Å². The highest BCUT2D eigenvalue weighted by atomic mass is 32.1. The molecule has 4 rings (SSSR count). The molecule has 0 bridgehead atoms. The lowest BCUT2D eigenvalue weighted by molar-refractivity contribution is 0.103. The third kappa shape index (κ3) is 3.68. The fraction of sp³-hybridized carbons (Fsp3) is 0.588. The van der Waals surface area contributed by atoms with Crippen LogP contribution in [0.4, 0.5) is 5.13 Å². The number of aromatic nitrogens is 2. The second-order valence-electron chi connectivity index (χ2n) is 6.65. The van der Waals surface area contributed by atoms with Crippen molar-refractivity contribution in [1.29, 1.82) is 0 Å². The highest BCUT2D eigenvalue weighted by molar-refractivity contribution is 7.16. The standard InChI is InChI=1S/C17H22N4OS2/c22-16(14-9-12-10-18-7-6-13(12)23-14)19-17-21-20-15(24-17)8-11-4-2-1-3-5-11/h9,11,18H,1-8,10H2,(H,19,21,22). The number of hydrogen-bond donors (Lipinski definition) is 2. The quantitative estimate of drug-likeness (QED) is 0.872. The van der Waals surface area contributed by atoms with Gasteiger partial charge >= 0.3 is 0 Å². The first-order chi connectivity index (χ1) is 11.8. The molecule has 2 N–H and O–H groups in total. The van der Waals surface area contributed by atoms with Crippen molar-refractivity contribution in [3.63, 3.8) is 0 Å². The van der Waals surface area contributed by atoms with Crippen molar-refractivity contribution < 1.29 is 4.79 Å². The van der Waals surface area contributed by atoms with E-state index in [2.05, 4.69) is 20.8 Å². The van der Waals surface area contributed by atoms with E-state index in [1.54, 1.807) is 11.3 Å². The van der Waals surface area contributed by atoms with Gasteiger partial charge in [-0.3, -0.25) is 10.1 Å². The highest BCUT2D eigenvalue weighted by Gasteiger charge is 2.19. The largest absolute Gasteiger partial charge is 0.312 e. The third-order valence-electron chi connectivity index (χ3n) is 4.84. The number of anilines is 1. The maximum atomic E-state index is 12.4. The SMILES string of the molecule is O=C(Nc1nnc(CC2CCCCC2)s1)c1cc2c(s1)CCNC2. The first-order valence-corrected chi connectivity index (χ1v) is 10.4. The van der Waals surface area contributed by atoms with Gasteiger partial charge in [0.15, 0.2) is 0 Å². The molecule has 1 aliphatic heterocycles. The van der Waals surface area contributed by atoms with Crippen molar-refractivity contribution in [1.82, 2.24) is 15.5 Å². The fourth-order valence-corrected chi connectivity index (χ4v) is 5.47. The number of thiophene rings is 1. The molecule has 1 fully saturated rings. The van der Waals surface area contributed by atoms with Crippen LogP contribution in [0.15, 0.2) is 6.07 Å². The van der Waals surface area contributed by atoms with Gasteiger partial charge in [0.2, 0.25) is 5.13 Å². The fourth-order valence-electron chi connectivity index (χ4n) is 3.55. The number of nitrogens with one attached hydrogen (secondary N) is 2. The van der Waals surface area contributed by atoms with E-state index in [1.807, 2.05) is 6.07 Å². The maximum Gasteiger partial charge on any atom is 0.267 e. The lowest BCUT2D eigenvalue weighted by Gasteiger charge is -2.19. The van der Waals surface area contributed by atoms with Gasteiger partial charge in [-0.25, -0.2) is 0 Å². The monoisotopic (exact) mass is 362 g/mol. The summed E-state index contributed by atoms with van der Waals surface area (Å²) in [6, 6.07) is 2.01. The van der Waals surface area contributed by atoms with Gasteiger partial charge in [-0.05, 0) is 24.0 Å². The minimum absolute atomic E-state index is 0.0604. The lowest BCUT2D eigenvalue weighted by atomic mass is 9.87. The van der Waals surface area contributed by atoms with Crippen LogP contribution >= 0.6 is 22.7 Å². The molecule has 0 unspecified atom stereocenters. The number of hydrogen-bond acceptors (Lipinski definition) is 6. The Balaban J connectivity index is 1.38. The summed E-state index contributed by atoms with van der Waals surface area (Å²) >= 11 is 3.12. The van der Waals surface area contributed by atoms with Crippen LogP contribution in [0.1, 0.15) is 57.2 Å². The molecular weight excluding hydrogens is 340 g/mol. The zero-order valence-electron chi connectivity index (χ0n) is 13.6. The van der Waals surface area contributed by atoms with Crippen molar-refractivity contribution in [3.8, 4) is 0 Å². The topological polar surface area (TPSA) is 66.9 Å². The van der Waals surface area contributed by atoms with Crippen molar-refractivity contribution in [2.24, 2.45) is 5.92 Å². The molecule has 128 valence electrons. The van der Waals surface area contributed by atoms with E-state index in [9.17, 15) is 4.79 Å². The molecule has 7 heteroatoms. The Hall–Kier alpha value is -1.31. The van der Waals surface area contributed by atoms with E-state index in [0.717, 1.165) is 41.7 Å². The molecule has 1 aliphatic carbocycles. The average molecular weight is 363 g/mol. The van der Waals surface area contributed by atoms with E-state index in [4.69, 9.17) is 0 Å². The lowest BCUT2D eigenvalue weighted by Crippen LogP contribution is -2.21. The maximum absolute atomic E-state index is 12.4. The molecule has 0 spiro atoms. The Bertz CT molecular complexity index is 694. The molecule has 0 atom stereocenters. The molecule has 2 aromatic rings. The Morgan fingerprint density at radius 3 is 2.96 bits per heavy atom. The zero-order valence-corrected chi connectivity index (χ0v) is 15.3. The molecule has 24 heavy (non-hydrogen) atoms. The summed E-state index contributed by atoms with van der Waals surface area (Å²) in [6.45, 7) is 1.86. The molecule has 3 heterocycles. The van der Waals surface area contributed by atoms with Gasteiger partial charge in [-0.1, -0.05) is 43.4 Å². The number of carbonyl (C=O) groups excluding carboxylic acids is 1. The molecule has 2 aromatic heterocycles. The summed E-state index contributed by atoms with van der Waals surface area (Å²) in [5.41, 5.74) is 1.26. The van der Waals surface area contributed by atoms with Crippen LogP contribution in [0, 0.1) is 5.92 Å². The molecular formula is C17H22N4OS2. The summed E-state index contributed by atoms with van der Waals surface area (Å²) in [5.74, 6) is 0.682. The number of amides is 1. The molecule has 0 radical (unpaired) electrons. The van der Waals surface area contributed by atoms with Crippen LogP contribution in [-0.4, -0.2) is 22.6 Å². The molecule has 1 amide bonds. The van der Waals surface area contributed by atoms with Gasteiger partial charge in [0.25, 0.3) is 5.91 Å². The van der Waals surface area contributed by atoms with E-state index < -0.39 is 0 Å². The summed E-state index contributed by atoms with van der Waals surface area (Å²) < 4.78 is 0. The Morgan fingerprint density at radius 1 is 1.25 bits per heavy atom. The van der Waals surface area contributed by atoms with Crippen molar-refractivity contribution in [2.75, 3.05) is 11.9 Å². The van der Waals surface area contributed by atoms with Crippen LogP contribution in [0.25, 0.3) is 0 Å². The average Bonchev–Trinajstić information content (AvgIpc) is 3.22. The minimum atomic E-state index is -0.0604. The van der Waals surface area contributed by atoms with Gasteiger partial charge in [0.05, 0.1) is 4.88 Å². The number of nitrogens with zero attached hydrogens (tertiary/aromatic N) is 2. The predicted molar refractivity (Wildman–Crippen MR) is 97.9 cm³/mol. The highest BCUT2D eigenvalue weighted by Crippen LogP contribution is 2.29. The van der Waals surface area contributed by atoms with Gasteiger partial charge in [-0.2, -0.15) is 0 Å². The molecule has 5 nitrogen and oxygen atoms in total. The van der Waals surface area contributed by atoms with Gasteiger partial charge in [0, 0.05) is 24.4 Å². The Labute approximate surface area is 149 Å². The first kappa shape index (κ1) is 16.2. The van der Waals surface area contributed by atoms with Crippen LogP contribution in [0.5, 0.6) is 0 Å². The number of carbonyl (C=O) groups is 1. The molecule has 2 aliphatic rings. The predicted octanol–water partition coefficient (Wildman–Crippen LogP) is 3.62. The number of rotatable bonds is 4. The molecule has 0 aromatic carbocycles. The smallest absolute Gasteiger partial charge is 0.267 e. The first-order valence-electron chi connectivity index (χ1n) is 8.74. The summed E-state index contributed by atoms with van der Waals surface area (Å²) in [7, 11) is 0. The normalized spacial score (nSPS) is 18.3. The number of fused-ring (bicyclic) bond motifs is 1. The summed E-state index contributed by atoms with van der Waals surface area (Å²) in [4.78, 5) is 14.5. The Kier molecular flexibility index (Phi) is 4.91. The second-order valence-corrected chi connectivity index (χ2v) is 8.85. The zero-order chi connectivity index (χ0) is 16.4. The second kappa shape index (κ2) is 7.29. The van der Waals surface area contributed by atoms with Gasteiger partial charge < -0.3 is 5.32 Å². The summed E-state index contributed by atoms with van der Waals surface area (Å²) in [5, 5.41) is 16.4. The van der Waals surface area contributed by atoms with Crippen molar-refractivity contribution in [3.05, 3.63) is 26.4 Å². The van der Waals surface area contributed by atoms with Crippen LogP contribution in [-0.2, 0) is 19.4 Å². The summed E-state index contributed by atoms with van der Waals surface area (Å²) in [6.07, 6.45) is 8.67. The van der Waals surface area contributed by atoms with Gasteiger partial charge in [-0.15, -0.1) is 21.5 Å². The van der Waals surface area contributed by atoms with Crippen LogP contribution in [0.2, 0.25) is 0 Å². The third-order valence-corrected chi connectivity index (χ3v) is 6.94. The van der Waals surface area contributed by atoms with Gasteiger partial charge in [0.1, 0.15) is 5.01 Å². The van der Waals surface area contributed by atoms with E-state index in [1.165, 1.54) is 53.9 Å². The van der Waals surface area contributed by atoms with Crippen LogP contribution < -0.4 is 10.6 Å². The molecule has 0 saturated heterocycles.